The Bertz CT molecular complexity index is 616. The maximum absolute atomic E-state index is 4.39. The molecule has 0 fully saturated rings. The number of hydrogen-bond donors (Lipinski definition) is 1. The number of nitrogens with one attached hydrogen (secondary N) is 1. The van der Waals surface area contributed by atoms with Crippen LogP contribution in [0, 0.1) is 0 Å². The lowest BCUT2D eigenvalue weighted by atomic mass is 10.1. The van der Waals surface area contributed by atoms with Gasteiger partial charge in [-0.15, -0.1) is 0 Å². The van der Waals surface area contributed by atoms with Gasteiger partial charge in [0.05, 0.1) is 12.2 Å². The lowest BCUT2D eigenvalue weighted by Gasteiger charge is -2.27. The van der Waals surface area contributed by atoms with Gasteiger partial charge in [-0.1, -0.05) is 0 Å². The highest BCUT2D eigenvalue weighted by Gasteiger charge is 2.17. The van der Waals surface area contributed by atoms with Crippen LogP contribution in [0.25, 0.3) is 0 Å². The van der Waals surface area contributed by atoms with Crippen LogP contribution >= 0.6 is 11.3 Å². The topological polar surface area (TPSA) is 48.7 Å². The third-order valence-electron chi connectivity index (χ3n) is 3.76. The molecule has 0 saturated heterocycles. The van der Waals surface area contributed by atoms with E-state index in [9.17, 15) is 0 Å². The van der Waals surface area contributed by atoms with Crippen molar-refractivity contribution in [2.24, 2.45) is 12.0 Å². The van der Waals surface area contributed by atoms with E-state index >= 15 is 0 Å². The first-order valence-electron chi connectivity index (χ1n) is 7.59. The van der Waals surface area contributed by atoms with Crippen molar-refractivity contribution in [2.75, 3.05) is 34.7 Å². The van der Waals surface area contributed by atoms with E-state index < -0.39 is 0 Å². The molecule has 0 spiro atoms. The number of hydrogen-bond acceptors (Lipinski definition) is 4. The highest BCUT2D eigenvalue weighted by atomic mass is 32.1. The second kappa shape index (κ2) is 8.12. The molecule has 7 heteroatoms. The fourth-order valence-corrected chi connectivity index (χ4v) is 3.17. The molecule has 126 valence electrons. The summed E-state index contributed by atoms with van der Waals surface area (Å²) in [5, 5.41) is 12.0. The molecule has 0 bridgehead atoms. The van der Waals surface area contributed by atoms with Gasteiger partial charge in [-0.3, -0.25) is 9.67 Å². The van der Waals surface area contributed by atoms with Crippen LogP contribution in [0.5, 0.6) is 0 Å². The summed E-state index contributed by atoms with van der Waals surface area (Å²) >= 11 is 1.72. The van der Waals surface area contributed by atoms with Gasteiger partial charge in [0.1, 0.15) is 0 Å². The summed E-state index contributed by atoms with van der Waals surface area (Å²) in [7, 11) is 9.98. The molecular weight excluding hydrogens is 308 g/mol. The summed E-state index contributed by atoms with van der Waals surface area (Å²) < 4.78 is 1.84. The molecule has 1 atom stereocenters. The minimum Gasteiger partial charge on any atom is -0.354 e. The van der Waals surface area contributed by atoms with Crippen LogP contribution in [-0.2, 0) is 13.6 Å². The van der Waals surface area contributed by atoms with E-state index in [2.05, 4.69) is 69.4 Å². The first kappa shape index (κ1) is 17.5. The average Bonchev–Trinajstić information content (AvgIpc) is 3.15. The summed E-state index contributed by atoms with van der Waals surface area (Å²) in [6, 6.07) is 2.39. The van der Waals surface area contributed by atoms with Crippen molar-refractivity contribution in [1.82, 2.24) is 24.9 Å². The van der Waals surface area contributed by atoms with E-state index in [-0.39, 0.29) is 6.04 Å². The summed E-state index contributed by atoms with van der Waals surface area (Å²) in [5.74, 6) is 0.895. The maximum atomic E-state index is 4.39. The Morgan fingerprint density at radius 3 is 2.74 bits per heavy atom. The summed E-state index contributed by atoms with van der Waals surface area (Å²) in [5.41, 5.74) is 2.50. The van der Waals surface area contributed by atoms with Crippen molar-refractivity contribution in [2.45, 2.75) is 12.6 Å². The molecule has 0 aliphatic carbocycles. The van der Waals surface area contributed by atoms with E-state index in [1.807, 2.05) is 25.0 Å². The quantitative estimate of drug-likeness (QED) is 0.646. The molecule has 0 aliphatic heterocycles. The van der Waals surface area contributed by atoms with Crippen LogP contribution in [0.2, 0.25) is 0 Å². The molecule has 0 aromatic carbocycles. The van der Waals surface area contributed by atoms with Gasteiger partial charge in [-0.25, -0.2) is 0 Å². The zero-order valence-electron chi connectivity index (χ0n) is 14.5. The van der Waals surface area contributed by atoms with Gasteiger partial charge in [0.25, 0.3) is 0 Å². The number of aliphatic imine (C=N–C) groups is 1. The number of likely N-dealkylation sites (N-methyl/N-ethyl adjacent to an activating group) is 1. The number of aryl methyl sites for hydroxylation is 1. The lowest BCUT2D eigenvalue weighted by Crippen LogP contribution is -2.42. The predicted octanol–water partition coefficient (Wildman–Crippen LogP) is 1.79. The van der Waals surface area contributed by atoms with Crippen LogP contribution in [0.1, 0.15) is 17.2 Å². The molecule has 6 nitrogen and oxygen atoms in total. The Balaban J connectivity index is 1.97. The Labute approximate surface area is 142 Å². The molecule has 2 aromatic heterocycles. The third kappa shape index (κ3) is 4.80. The van der Waals surface area contributed by atoms with Gasteiger partial charge in [-0.05, 0) is 36.5 Å². The highest BCUT2D eigenvalue weighted by molar-refractivity contribution is 7.07. The smallest absolute Gasteiger partial charge is 0.193 e. The average molecular weight is 334 g/mol. The molecule has 0 saturated carbocycles. The molecule has 0 aliphatic rings. The van der Waals surface area contributed by atoms with Crippen LogP contribution in [0.3, 0.4) is 0 Å². The maximum Gasteiger partial charge on any atom is 0.193 e. The number of nitrogens with zero attached hydrogens (tertiary/aromatic N) is 5. The minimum atomic E-state index is 0.245. The molecule has 1 N–H and O–H groups in total. The van der Waals surface area contributed by atoms with Crippen molar-refractivity contribution in [1.29, 1.82) is 0 Å². The van der Waals surface area contributed by atoms with Crippen molar-refractivity contribution >= 4 is 17.3 Å². The highest BCUT2D eigenvalue weighted by Crippen LogP contribution is 2.16. The predicted molar refractivity (Wildman–Crippen MR) is 96.8 cm³/mol. The van der Waals surface area contributed by atoms with Gasteiger partial charge in [-0.2, -0.15) is 16.4 Å². The van der Waals surface area contributed by atoms with Crippen LogP contribution < -0.4 is 5.32 Å². The number of thiophene rings is 1. The number of aromatic nitrogens is 2. The van der Waals surface area contributed by atoms with Crippen LogP contribution in [-0.4, -0.2) is 60.3 Å². The van der Waals surface area contributed by atoms with E-state index in [0.717, 1.165) is 19.0 Å². The zero-order chi connectivity index (χ0) is 16.8. The van der Waals surface area contributed by atoms with Gasteiger partial charge in [0.2, 0.25) is 0 Å². The molecule has 1 unspecified atom stereocenters. The van der Waals surface area contributed by atoms with Crippen molar-refractivity contribution in [3.63, 3.8) is 0 Å². The van der Waals surface area contributed by atoms with Gasteiger partial charge in [0.15, 0.2) is 5.96 Å². The largest absolute Gasteiger partial charge is 0.354 e. The normalized spacial score (nSPS) is 13.4. The first-order chi connectivity index (χ1) is 11.0. The second-order valence-electron chi connectivity index (χ2n) is 5.84. The van der Waals surface area contributed by atoms with Gasteiger partial charge >= 0.3 is 0 Å². The van der Waals surface area contributed by atoms with E-state index in [4.69, 9.17) is 0 Å². The van der Waals surface area contributed by atoms with E-state index in [0.29, 0.717) is 0 Å². The fourth-order valence-electron chi connectivity index (χ4n) is 2.51. The van der Waals surface area contributed by atoms with Gasteiger partial charge < -0.3 is 15.1 Å². The van der Waals surface area contributed by atoms with Crippen LogP contribution in [0.15, 0.2) is 34.2 Å². The number of guanidine groups is 1. The molecule has 0 amide bonds. The Kier molecular flexibility index (Phi) is 6.18. The minimum absolute atomic E-state index is 0.245. The monoisotopic (exact) mass is 334 g/mol. The second-order valence-corrected chi connectivity index (χ2v) is 6.62. The summed E-state index contributed by atoms with van der Waals surface area (Å²) in [4.78, 5) is 8.72. The molecular formula is C16H26N6S. The molecule has 2 aromatic rings. The van der Waals surface area contributed by atoms with Gasteiger partial charge in [0, 0.05) is 46.0 Å². The molecule has 2 rings (SSSR count). The summed E-state index contributed by atoms with van der Waals surface area (Å²) in [6.45, 7) is 1.63. The Hall–Kier alpha value is -1.86. The fraction of sp³-hybridized carbons (Fsp3) is 0.500. The Morgan fingerprint density at radius 1 is 1.43 bits per heavy atom. The summed E-state index contributed by atoms with van der Waals surface area (Å²) in [6.07, 6.45) is 3.98. The molecule has 0 radical (unpaired) electrons. The first-order valence-corrected chi connectivity index (χ1v) is 8.53. The third-order valence-corrected chi connectivity index (χ3v) is 4.49. The molecule has 2 heterocycles. The zero-order valence-corrected chi connectivity index (χ0v) is 15.3. The SMILES string of the molecule is CN=C(NCC(c1cnn(C)c1)N(C)C)N(C)Cc1ccsc1. The van der Waals surface area contributed by atoms with Crippen molar-refractivity contribution in [3.05, 3.63) is 40.3 Å². The number of rotatable bonds is 6. The van der Waals surface area contributed by atoms with Crippen molar-refractivity contribution in [3.8, 4) is 0 Å². The Morgan fingerprint density at radius 2 is 2.22 bits per heavy atom. The van der Waals surface area contributed by atoms with E-state index in [1.165, 1.54) is 11.1 Å². The lowest BCUT2D eigenvalue weighted by molar-refractivity contribution is 0.295. The van der Waals surface area contributed by atoms with Crippen LogP contribution in [0.4, 0.5) is 0 Å². The van der Waals surface area contributed by atoms with Crippen molar-refractivity contribution < 1.29 is 0 Å². The molecule has 23 heavy (non-hydrogen) atoms. The van der Waals surface area contributed by atoms with E-state index in [1.54, 1.807) is 11.3 Å². The standard InChI is InChI=1S/C16H26N6S/c1-17-16(21(4)10-13-6-7-23-12-13)18-9-15(20(2)3)14-8-19-22(5)11-14/h6-8,11-12,15H,9-10H2,1-5H3,(H,17,18).